The third-order valence-corrected chi connectivity index (χ3v) is 2.78. The van der Waals surface area contributed by atoms with Crippen LogP contribution in [-0.2, 0) is 0 Å². The molecule has 6 heteroatoms. The Bertz CT molecular complexity index is 373. The molecule has 0 aliphatic heterocycles. The van der Waals surface area contributed by atoms with E-state index in [4.69, 9.17) is 34.3 Å². The molecule has 0 aliphatic carbocycles. The molecule has 3 N–H and O–H groups in total. The Labute approximate surface area is 106 Å². The summed E-state index contributed by atoms with van der Waals surface area (Å²) in [6, 6.07) is 3.61. The van der Waals surface area contributed by atoms with Gasteiger partial charge in [-0.15, -0.1) is 0 Å². The summed E-state index contributed by atoms with van der Waals surface area (Å²) < 4.78 is 6.13. The van der Waals surface area contributed by atoms with Crippen LogP contribution in [0.5, 0.6) is 5.75 Å². The van der Waals surface area contributed by atoms with Gasteiger partial charge in [-0.1, -0.05) is 11.6 Å². The number of benzene rings is 1. The van der Waals surface area contributed by atoms with Gasteiger partial charge in [-0.2, -0.15) is 0 Å². The first-order chi connectivity index (χ1) is 6.56. The molecule has 14 heavy (non-hydrogen) atoms. The highest BCUT2D eigenvalue weighted by Crippen LogP contribution is 2.36. The predicted molar refractivity (Wildman–Crippen MR) is 71.1 cm³/mol. The molecule has 0 aliphatic rings. The average molecular weight is 343 g/mol. The van der Waals surface area contributed by atoms with Gasteiger partial charge in [0.25, 0.3) is 0 Å². The summed E-state index contributed by atoms with van der Waals surface area (Å²) in [6.45, 7) is 0. The van der Waals surface area contributed by atoms with Crippen molar-refractivity contribution in [1.82, 2.24) is 0 Å². The second-order valence-corrected chi connectivity index (χ2v) is 4.44. The summed E-state index contributed by atoms with van der Waals surface area (Å²) in [6.07, 6.45) is 0. The van der Waals surface area contributed by atoms with Gasteiger partial charge in [-0.05, 0) is 46.9 Å². The minimum absolute atomic E-state index is 0.159. The highest BCUT2D eigenvalue weighted by atomic mass is 127. The van der Waals surface area contributed by atoms with Crippen LogP contribution < -0.4 is 15.8 Å². The molecule has 0 heterocycles. The number of thiocarbonyl (C=S) groups is 1. The van der Waals surface area contributed by atoms with Crippen LogP contribution in [0, 0.1) is 3.57 Å². The molecule has 0 radical (unpaired) electrons. The molecular formula is C8H8ClIN2OS. The number of anilines is 1. The van der Waals surface area contributed by atoms with Gasteiger partial charge in [-0.25, -0.2) is 0 Å². The maximum atomic E-state index is 5.96. The van der Waals surface area contributed by atoms with Gasteiger partial charge in [-0.3, -0.25) is 0 Å². The standard InChI is InChI=1S/C8H8ClIN2OS/c1-13-7-5(10)3-2-4(9)6(7)12-8(11)14/h2-3H,1H3,(H3,11,12,14). The Morgan fingerprint density at radius 3 is 2.79 bits per heavy atom. The molecule has 0 saturated heterocycles. The van der Waals surface area contributed by atoms with Crippen LogP contribution in [0.4, 0.5) is 5.69 Å². The molecule has 0 bridgehead atoms. The van der Waals surface area contributed by atoms with E-state index < -0.39 is 0 Å². The van der Waals surface area contributed by atoms with Gasteiger partial charge in [0, 0.05) is 0 Å². The first-order valence-electron chi connectivity index (χ1n) is 3.64. The maximum absolute atomic E-state index is 5.96. The second-order valence-electron chi connectivity index (χ2n) is 2.43. The van der Waals surface area contributed by atoms with Gasteiger partial charge in [0.05, 0.1) is 15.7 Å². The quantitative estimate of drug-likeness (QED) is 0.641. The minimum atomic E-state index is 0.159. The van der Waals surface area contributed by atoms with Crippen molar-refractivity contribution in [3.05, 3.63) is 20.7 Å². The first kappa shape index (κ1) is 11.8. The summed E-state index contributed by atoms with van der Waals surface area (Å²) in [4.78, 5) is 0. The van der Waals surface area contributed by atoms with E-state index in [0.717, 1.165) is 3.57 Å². The summed E-state index contributed by atoms with van der Waals surface area (Å²) in [7, 11) is 1.57. The van der Waals surface area contributed by atoms with Gasteiger partial charge in [0.1, 0.15) is 5.69 Å². The SMILES string of the molecule is COc1c(I)ccc(Cl)c1NC(N)=S. The molecule has 0 fully saturated rings. The van der Waals surface area contributed by atoms with Crippen molar-refractivity contribution in [2.75, 3.05) is 12.4 Å². The zero-order valence-electron chi connectivity index (χ0n) is 7.30. The minimum Gasteiger partial charge on any atom is -0.493 e. The lowest BCUT2D eigenvalue weighted by atomic mass is 10.3. The van der Waals surface area contributed by atoms with Crippen molar-refractivity contribution in [2.45, 2.75) is 0 Å². The normalized spacial score (nSPS) is 9.64. The van der Waals surface area contributed by atoms with Crippen molar-refractivity contribution in [3.8, 4) is 5.75 Å². The van der Waals surface area contributed by atoms with Gasteiger partial charge in [0.2, 0.25) is 0 Å². The Morgan fingerprint density at radius 2 is 2.29 bits per heavy atom. The summed E-state index contributed by atoms with van der Waals surface area (Å²) in [5.74, 6) is 0.644. The topological polar surface area (TPSA) is 47.3 Å². The number of rotatable bonds is 2. The molecule has 1 aromatic carbocycles. The van der Waals surface area contributed by atoms with E-state index in [9.17, 15) is 0 Å². The first-order valence-corrected chi connectivity index (χ1v) is 5.51. The Kier molecular flexibility index (Phi) is 4.21. The number of methoxy groups -OCH3 is 1. The smallest absolute Gasteiger partial charge is 0.168 e. The molecule has 0 amide bonds. The monoisotopic (exact) mass is 342 g/mol. The fourth-order valence-corrected chi connectivity index (χ4v) is 1.94. The summed E-state index contributed by atoms with van der Waals surface area (Å²) in [5, 5.41) is 3.46. The van der Waals surface area contributed by atoms with Crippen LogP contribution in [0.1, 0.15) is 0 Å². The molecule has 76 valence electrons. The van der Waals surface area contributed by atoms with Crippen molar-refractivity contribution < 1.29 is 4.74 Å². The van der Waals surface area contributed by atoms with Crippen LogP contribution in [0.25, 0.3) is 0 Å². The van der Waals surface area contributed by atoms with E-state index in [-0.39, 0.29) is 5.11 Å². The molecule has 0 aromatic heterocycles. The molecular weight excluding hydrogens is 335 g/mol. The van der Waals surface area contributed by atoms with Crippen molar-refractivity contribution in [2.24, 2.45) is 5.73 Å². The van der Waals surface area contributed by atoms with Gasteiger partial charge >= 0.3 is 0 Å². The van der Waals surface area contributed by atoms with Crippen molar-refractivity contribution >= 4 is 57.2 Å². The van der Waals surface area contributed by atoms with Crippen molar-refractivity contribution in [1.29, 1.82) is 0 Å². The zero-order chi connectivity index (χ0) is 10.7. The molecule has 0 saturated carbocycles. The molecule has 0 spiro atoms. The van der Waals surface area contributed by atoms with E-state index in [1.807, 2.05) is 6.07 Å². The van der Waals surface area contributed by atoms with Crippen LogP contribution in [0.3, 0.4) is 0 Å². The zero-order valence-corrected chi connectivity index (χ0v) is 11.0. The van der Waals surface area contributed by atoms with E-state index in [2.05, 4.69) is 27.9 Å². The number of ether oxygens (including phenoxy) is 1. The number of nitrogens with one attached hydrogen (secondary N) is 1. The second kappa shape index (κ2) is 4.99. The Balaban J connectivity index is 3.22. The fraction of sp³-hybridized carbons (Fsp3) is 0.125. The Morgan fingerprint density at radius 1 is 1.64 bits per heavy atom. The highest BCUT2D eigenvalue weighted by Gasteiger charge is 2.11. The van der Waals surface area contributed by atoms with Crippen molar-refractivity contribution in [3.63, 3.8) is 0 Å². The summed E-state index contributed by atoms with van der Waals surface area (Å²) >= 11 is 12.8. The molecule has 1 rings (SSSR count). The number of hydrogen-bond acceptors (Lipinski definition) is 2. The van der Waals surface area contributed by atoms with Gasteiger partial charge in [0.15, 0.2) is 10.9 Å². The van der Waals surface area contributed by atoms with Crippen LogP contribution in [-0.4, -0.2) is 12.2 Å². The maximum Gasteiger partial charge on any atom is 0.168 e. The lowest BCUT2D eigenvalue weighted by Crippen LogP contribution is -2.19. The molecule has 3 nitrogen and oxygen atoms in total. The van der Waals surface area contributed by atoms with E-state index in [1.54, 1.807) is 13.2 Å². The third-order valence-electron chi connectivity index (χ3n) is 1.51. The van der Waals surface area contributed by atoms with Crippen LogP contribution >= 0.6 is 46.4 Å². The largest absolute Gasteiger partial charge is 0.493 e. The average Bonchev–Trinajstić information content (AvgIpc) is 2.11. The van der Waals surface area contributed by atoms with Crippen LogP contribution in [0.15, 0.2) is 12.1 Å². The number of nitrogens with two attached hydrogens (primary N) is 1. The van der Waals surface area contributed by atoms with E-state index in [1.165, 1.54) is 0 Å². The molecule has 0 unspecified atom stereocenters. The fourth-order valence-electron chi connectivity index (χ4n) is 0.972. The van der Waals surface area contributed by atoms with E-state index in [0.29, 0.717) is 16.5 Å². The lowest BCUT2D eigenvalue weighted by Gasteiger charge is -2.12. The molecule has 1 aromatic rings. The molecule has 0 atom stereocenters. The summed E-state index contributed by atoms with van der Waals surface area (Å²) in [5.41, 5.74) is 5.98. The van der Waals surface area contributed by atoms with Gasteiger partial charge < -0.3 is 15.8 Å². The Hall–Kier alpha value is -0.270. The number of hydrogen-bond donors (Lipinski definition) is 2. The highest BCUT2D eigenvalue weighted by molar-refractivity contribution is 14.1. The van der Waals surface area contributed by atoms with Crippen LogP contribution in [0.2, 0.25) is 5.02 Å². The lowest BCUT2D eigenvalue weighted by molar-refractivity contribution is 0.414. The van der Waals surface area contributed by atoms with E-state index >= 15 is 0 Å². The number of halogens is 2. The third kappa shape index (κ3) is 2.61. The predicted octanol–water partition coefficient (Wildman–Crippen LogP) is 2.61.